The average Bonchev–Trinajstić information content (AvgIpc) is 3.09. The van der Waals surface area contributed by atoms with Gasteiger partial charge < -0.3 is 10.1 Å². The van der Waals surface area contributed by atoms with Gasteiger partial charge >= 0.3 is 5.97 Å². The van der Waals surface area contributed by atoms with E-state index in [1.54, 1.807) is 6.92 Å². The van der Waals surface area contributed by atoms with Gasteiger partial charge in [-0.2, -0.15) is 0 Å². The normalized spacial score (nSPS) is 21.2. The molecule has 0 aromatic heterocycles. The van der Waals surface area contributed by atoms with Crippen LogP contribution in [0.5, 0.6) is 0 Å². The molecule has 2 aromatic rings. The Labute approximate surface area is 211 Å². The fraction of sp³-hybridized carbons (Fsp3) is 0.360. The zero-order valence-corrected chi connectivity index (χ0v) is 20.8. The summed E-state index contributed by atoms with van der Waals surface area (Å²) in [6.45, 7) is 1.96. The first-order valence-electron chi connectivity index (χ1n) is 11.4. The first-order valence-corrected chi connectivity index (χ1v) is 13.3. The minimum Gasteiger partial charge on any atom is -0.463 e. The van der Waals surface area contributed by atoms with Crippen molar-refractivity contribution in [2.75, 3.05) is 11.9 Å². The third-order valence-electron chi connectivity index (χ3n) is 6.59. The largest absolute Gasteiger partial charge is 0.463 e. The number of esters is 1. The van der Waals surface area contributed by atoms with Crippen LogP contribution in [0.2, 0.25) is 5.02 Å². The van der Waals surface area contributed by atoms with Crippen LogP contribution in [-0.2, 0) is 19.4 Å². The summed E-state index contributed by atoms with van der Waals surface area (Å²) >= 11 is 6.25. The highest BCUT2D eigenvalue weighted by molar-refractivity contribution is 7.92. The number of halogens is 4. The van der Waals surface area contributed by atoms with Crippen LogP contribution in [0.4, 0.5) is 18.9 Å². The maximum atomic E-state index is 13.7. The van der Waals surface area contributed by atoms with Gasteiger partial charge in [0.15, 0.2) is 27.3 Å². The summed E-state index contributed by atoms with van der Waals surface area (Å²) in [5.41, 5.74) is 0.418. The van der Waals surface area contributed by atoms with Crippen molar-refractivity contribution in [1.82, 2.24) is 0 Å². The number of carbonyl (C=O) groups is 2. The van der Waals surface area contributed by atoms with Crippen molar-refractivity contribution < 1.29 is 35.9 Å². The molecule has 0 saturated heterocycles. The van der Waals surface area contributed by atoms with E-state index in [1.165, 1.54) is 18.2 Å². The highest BCUT2D eigenvalue weighted by Crippen LogP contribution is 2.50. The van der Waals surface area contributed by atoms with Crippen LogP contribution in [0.15, 0.2) is 46.9 Å². The molecule has 1 amide bonds. The molecule has 1 N–H and O–H groups in total. The summed E-state index contributed by atoms with van der Waals surface area (Å²) in [6.07, 6.45) is 3.68. The molecule has 0 radical (unpaired) electrons. The number of rotatable bonds is 6. The lowest BCUT2D eigenvalue weighted by molar-refractivity contribution is -0.137. The van der Waals surface area contributed by atoms with Crippen LogP contribution in [-0.4, -0.2) is 32.2 Å². The van der Waals surface area contributed by atoms with Gasteiger partial charge in [-0.25, -0.2) is 26.4 Å². The zero-order chi connectivity index (χ0) is 26.2. The Bertz CT molecular complexity index is 1320. The fourth-order valence-corrected chi connectivity index (χ4v) is 7.99. The van der Waals surface area contributed by atoms with Gasteiger partial charge in [-0.3, -0.25) is 4.79 Å². The number of nitrogens with one attached hydrogen (secondary N) is 1. The molecular formula is C25H23ClF3NO5S. The van der Waals surface area contributed by atoms with Gasteiger partial charge in [-0.05, 0) is 62.6 Å². The van der Waals surface area contributed by atoms with Gasteiger partial charge in [-0.15, -0.1) is 0 Å². The van der Waals surface area contributed by atoms with Gasteiger partial charge in [0.1, 0.15) is 0 Å². The van der Waals surface area contributed by atoms with E-state index in [9.17, 15) is 31.2 Å². The summed E-state index contributed by atoms with van der Waals surface area (Å²) in [5, 5.41) is 1.45. The molecule has 2 aliphatic rings. The standard InChI is InChI=1S/C25H23ClF3NO5S/c1-2-35-22(31)9-13-7-14-3-4-15(8-13)24(14)36(33,34)21-10-16(5-6-18(21)26)25(32)30-17-11-19(27)23(29)20(28)12-17/h5-6,9-12,14-15,24H,2-4,7-8H2,1H3,(H,30,32). The molecular weight excluding hydrogens is 519 g/mol. The highest BCUT2D eigenvalue weighted by Gasteiger charge is 2.49. The molecule has 192 valence electrons. The zero-order valence-electron chi connectivity index (χ0n) is 19.2. The smallest absolute Gasteiger partial charge is 0.330 e. The van der Waals surface area contributed by atoms with E-state index in [4.69, 9.17) is 16.3 Å². The summed E-state index contributed by atoms with van der Waals surface area (Å²) in [6, 6.07) is 4.91. The SMILES string of the molecule is CCOC(=O)C=C1CC2CCC(C1)C2S(=O)(=O)c1cc(C(=O)Nc2cc(F)c(F)c(F)c2)ccc1Cl. The van der Waals surface area contributed by atoms with Crippen LogP contribution < -0.4 is 5.32 Å². The maximum absolute atomic E-state index is 13.7. The molecule has 2 atom stereocenters. The predicted molar refractivity (Wildman–Crippen MR) is 127 cm³/mol. The third kappa shape index (κ3) is 5.15. The highest BCUT2D eigenvalue weighted by atomic mass is 35.5. The molecule has 36 heavy (non-hydrogen) atoms. The Hall–Kier alpha value is -2.85. The molecule has 0 spiro atoms. The van der Waals surface area contributed by atoms with E-state index in [2.05, 4.69) is 5.32 Å². The minimum atomic E-state index is -3.96. The van der Waals surface area contributed by atoms with E-state index in [0.29, 0.717) is 37.8 Å². The lowest BCUT2D eigenvalue weighted by atomic mass is 9.84. The number of fused-ring (bicyclic) bond motifs is 2. The number of allylic oxidation sites excluding steroid dienone is 1. The molecule has 4 rings (SSSR count). The van der Waals surface area contributed by atoms with Crippen LogP contribution >= 0.6 is 11.6 Å². The van der Waals surface area contributed by atoms with Gasteiger partial charge in [0.2, 0.25) is 0 Å². The van der Waals surface area contributed by atoms with E-state index < -0.39 is 44.4 Å². The molecule has 2 aliphatic carbocycles. The quantitative estimate of drug-likeness (QED) is 0.298. The predicted octanol–water partition coefficient (Wildman–Crippen LogP) is 5.46. The van der Waals surface area contributed by atoms with E-state index in [-0.39, 0.29) is 39.6 Å². The van der Waals surface area contributed by atoms with Gasteiger partial charge in [0.25, 0.3) is 5.91 Å². The molecule has 2 unspecified atom stereocenters. The number of benzene rings is 2. The van der Waals surface area contributed by atoms with E-state index in [0.717, 1.165) is 11.6 Å². The summed E-state index contributed by atoms with van der Waals surface area (Å²) in [7, 11) is -3.96. The number of anilines is 1. The molecule has 2 bridgehead atoms. The topological polar surface area (TPSA) is 89.5 Å². The van der Waals surface area contributed by atoms with Crippen LogP contribution in [0.3, 0.4) is 0 Å². The lowest BCUT2D eigenvalue weighted by Gasteiger charge is -2.31. The molecule has 11 heteroatoms. The van der Waals surface area contributed by atoms with Crippen molar-refractivity contribution in [2.45, 2.75) is 42.8 Å². The second kappa shape index (κ2) is 10.3. The van der Waals surface area contributed by atoms with Crippen molar-refractivity contribution in [3.8, 4) is 0 Å². The first kappa shape index (κ1) is 26.2. The molecule has 0 aliphatic heterocycles. The molecule has 2 fully saturated rings. The number of hydrogen-bond donors (Lipinski definition) is 1. The van der Waals surface area contributed by atoms with Crippen LogP contribution in [0, 0.1) is 29.3 Å². The minimum absolute atomic E-state index is 0.0577. The summed E-state index contributed by atoms with van der Waals surface area (Å²) < 4.78 is 72.5. The fourth-order valence-electron chi connectivity index (χ4n) is 5.15. The summed E-state index contributed by atoms with van der Waals surface area (Å²) in [5.74, 6) is -6.35. The number of hydrogen-bond acceptors (Lipinski definition) is 5. The summed E-state index contributed by atoms with van der Waals surface area (Å²) in [4.78, 5) is 24.3. The Morgan fingerprint density at radius 3 is 2.28 bits per heavy atom. The second-order valence-electron chi connectivity index (χ2n) is 8.92. The van der Waals surface area contributed by atoms with Crippen molar-refractivity contribution >= 4 is 39.0 Å². The van der Waals surface area contributed by atoms with E-state index >= 15 is 0 Å². The number of carbonyl (C=O) groups excluding carboxylic acids is 2. The van der Waals surface area contributed by atoms with Crippen molar-refractivity contribution in [3.05, 3.63) is 70.0 Å². The number of sulfone groups is 1. The van der Waals surface area contributed by atoms with Crippen molar-refractivity contribution in [1.29, 1.82) is 0 Å². The van der Waals surface area contributed by atoms with Gasteiger partial charge in [0.05, 0.1) is 21.8 Å². The van der Waals surface area contributed by atoms with Crippen LogP contribution in [0.1, 0.15) is 43.0 Å². The Morgan fingerprint density at radius 1 is 1.08 bits per heavy atom. The van der Waals surface area contributed by atoms with Gasteiger partial charge in [0, 0.05) is 29.5 Å². The Kier molecular flexibility index (Phi) is 7.47. The molecule has 2 saturated carbocycles. The Balaban J connectivity index is 1.59. The maximum Gasteiger partial charge on any atom is 0.330 e. The van der Waals surface area contributed by atoms with E-state index in [1.807, 2.05) is 0 Å². The average molecular weight is 542 g/mol. The van der Waals surface area contributed by atoms with Crippen molar-refractivity contribution in [3.63, 3.8) is 0 Å². The molecule has 2 aromatic carbocycles. The number of amides is 1. The second-order valence-corrected chi connectivity index (χ2v) is 11.4. The monoisotopic (exact) mass is 541 g/mol. The first-order chi connectivity index (χ1) is 17.0. The third-order valence-corrected chi connectivity index (χ3v) is 9.47. The molecule has 6 nitrogen and oxygen atoms in total. The lowest BCUT2D eigenvalue weighted by Crippen LogP contribution is -2.35. The Morgan fingerprint density at radius 2 is 1.69 bits per heavy atom. The molecule has 0 heterocycles. The number of ether oxygens (including phenoxy) is 1. The van der Waals surface area contributed by atoms with Gasteiger partial charge in [-0.1, -0.05) is 17.2 Å². The van der Waals surface area contributed by atoms with Crippen LogP contribution in [0.25, 0.3) is 0 Å². The van der Waals surface area contributed by atoms with Crippen molar-refractivity contribution in [2.24, 2.45) is 11.8 Å².